The number of aromatic nitrogens is 2. The molecule has 0 fully saturated rings. The number of carbonyl (C=O) groups is 1. The molecule has 0 bridgehead atoms. The fraction of sp³-hybridized carbons (Fsp3) is 0.105. The van der Waals surface area contributed by atoms with E-state index >= 15 is 0 Å². The molecule has 0 saturated heterocycles. The maximum Gasteiger partial charge on any atom is 0.340 e. The summed E-state index contributed by atoms with van der Waals surface area (Å²) in [7, 11) is -4.00. The molecule has 0 aliphatic rings. The SMILES string of the molecule is C=CCN(c1ccccc1)S(=O)(=O)c1ccc(Cl)c(C(=O)OCc2nnsc2Cl)c1. The minimum Gasteiger partial charge on any atom is -0.455 e. The normalized spacial score (nSPS) is 11.1. The standard InChI is InChI=1S/C19H15Cl2N3O4S2/c1-2-10-24(13-6-4-3-5-7-13)30(26,27)14-8-9-16(20)15(11-14)19(25)28-12-17-18(21)29-23-22-17/h2-9,11H,1,10,12H2. The van der Waals surface area contributed by atoms with Crippen LogP contribution in [-0.4, -0.2) is 30.5 Å². The number of hydrogen-bond donors (Lipinski definition) is 0. The van der Waals surface area contributed by atoms with Gasteiger partial charge in [-0.1, -0.05) is 52.0 Å². The first-order valence-electron chi connectivity index (χ1n) is 8.46. The molecule has 156 valence electrons. The van der Waals surface area contributed by atoms with E-state index in [4.69, 9.17) is 27.9 Å². The van der Waals surface area contributed by atoms with Crippen LogP contribution in [0.25, 0.3) is 0 Å². The van der Waals surface area contributed by atoms with E-state index in [0.29, 0.717) is 15.7 Å². The van der Waals surface area contributed by atoms with Gasteiger partial charge in [0.1, 0.15) is 16.6 Å². The Morgan fingerprint density at radius 1 is 1.20 bits per heavy atom. The molecule has 0 aliphatic carbocycles. The third-order valence-electron chi connectivity index (χ3n) is 3.93. The zero-order chi connectivity index (χ0) is 21.7. The van der Waals surface area contributed by atoms with Gasteiger partial charge in [0, 0.05) is 11.5 Å². The Hall–Kier alpha value is -2.46. The summed E-state index contributed by atoms with van der Waals surface area (Å²) >= 11 is 13.0. The number of anilines is 1. The number of benzene rings is 2. The highest BCUT2D eigenvalue weighted by Gasteiger charge is 2.26. The van der Waals surface area contributed by atoms with Crippen molar-refractivity contribution < 1.29 is 17.9 Å². The number of rotatable bonds is 8. The fourth-order valence-electron chi connectivity index (χ4n) is 2.50. The van der Waals surface area contributed by atoms with Crippen molar-refractivity contribution >= 4 is 56.4 Å². The van der Waals surface area contributed by atoms with Crippen molar-refractivity contribution in [1.29, 1.82) is 0 Å². The molecule has 2 aromatic carbocycles. The summed E-state index contributed by atoms with van der Waals surface area (Å²) < 4.78 is 36.8. The van der Waals surface area contributed by atoms with Crippen LogP contribution >= 0.6 is 34.7 Å². The number of sulfonamides is 1. The molecule has 3 rings (SSSR count). The van der Waals surface area contributed by atoms with Gasteiger partial charge < -0.3 is 4.74 Å². The van der Waals surface area contributed by atoms with E-state index in [1.165, 1.54) is 28.6 Å². The van der Waals surface area contributed by atoms with Crippen molar-refractivity contribution in [3.8, 4) is 0 Å². The van der Waals surface area contributed by atoms with E-state index in [1.54, 1.807) is 30.3 Å². The van der Waals surface area contributed by atoms with Crippen molar-refractivity contribution in [2.45, 2.75) is 11.5 Å². The Labute approximate surface area is 187 Å². The lowest BCUT2D eigenvalue weighted by atomic mass is 10.2. The van der Waals surface area contributed by atoms with Crippen molar-refractivity contribution in [3.63, 3.8) is 0 Å². The minimum atomic E-state index is -4.00. The lowest BCUT2D eigenvalue weighted by molar-refractivity contribution is 0.0468. The first-order valence-corrected chi connectivity index (χ1v) is 11.4. The molecule has 0 N–H and O–H groups in total. The van der Waals surface area contributed by atoms with E-state index in [-0.39, 0.29) is 28.6 Å². The zero-order valence-corrected chi connectivity index (χ0v) is 18.5. The first kappa shape index (κ1) is 22.2. The maximum atomic E-state index is 13.2. The van der Waals surface area contributed by atoms with Crippen LogP contribution in [0.5, 0.6) is 0 Å². The van der Waals surface area contributed by atoms with E-state index < -0.39 is 16.0 Å². The highest BCUT2D eigenvalue weighted by Crippen LogP contribution is 2.27. The molecule has 11 heteroatoms. The average molecular weight is 484 g/mol. The summed E-state index contributed by atoms with van der Waals surface area (Å²) in [5, 5.41) is 3.80. The predicted molar refractivity (Wildman–Crippen MR) is 117 cm³/mol. The Balaban J connectivity index is 1.91. The molecular formula is C19H15Cl2N3O4S2. The fourth-order valence-corrected chi connectivity index (χ4v) is 4.76. The second-order valence-corrected chi connectivity index (χ2v) is 9.50. The second-order valence-electron chi connectivity index (χ2n) is 5.87. The van der Waals surface area contributed by atoms with Gasteiger partial charge in [0.25, 0.3) is 10.0 Å². The Morgan fingerprint density at radius 3 is 2.57 bits per heavy atom. The monoisotopic (exact) mass is 483 g/mol. The number of carbonyl (C=O) groups excluding carboxylic acids is 1. The van der Waals surface area contributed by atoms with E-state index in [9.17, 15) is 13.2 Å². The van der Waals surface area contributed by atoms with Gasteiger partial charge in [0.2, 0.25) is 0 Å². The summed E-state index contributed by atoms with van der Waals surface area (Å²) in [6.45, 7) is 3.46. The molecule has 0 saturated carbocycles. The molecule has 1 heterocycles. The van der Waals surface area contributed by atoms with E-state index in [2.05, 4.69) is 16.2 Å². The van der Waals surface area contributed by atoms with Gasteiger partial charge >= 0.3 is 5.97 Å². The minimum absolute atomic E-state index is 0.0457. The Bertz CT molecular complexity index is 1170. The molecule has 0 aliphatic heterocycles. The van der Waals surface area contributed by atoms with Gasteiger partial charge in [-0.25, -0.2) is 13.2 Å². The third-order valence-corrected chi connectivity index (χ3v) is 7.04. The molecule has 30 heavy (non-hydrogen) atoms. The second kappa shape index (κ2) is 9.57. The third kappa shape index (κ3) is 4.81. The van der Waals surface area contributed by atoms with Gasteiger partial charge in [-0.05, 0) is 30.3 Å². The summed E-state index contributed by atoms with van der Waals surface area (Å²) in [5.74, 6) is -0.809. The summed E-state index contributed by atoms with van der Waals surface area (Å²) in [6.07, 6.45) is 1.47. The highest BCUT2D eigenvalue weighted by atomic mass is 35.5. The number of ether oxygens (including phenoxy) is 1. The van der Waals surface area contributed by atoms with Gasteiger partial charge in [-0.2, -0.15) is 0 Å². The molecular weight excluding hydrogens is 469 g/mol. The van der Waals surface area contributed by atoms with Gasteiger partial charge in [-0.3, -0.25) is 4.31 Å². The van der Waals surface area contributed by atoms with E-state index in [0.717, 1.165) is 11.5 Å². The van der Waals surface area contributed by atoms with Gasteiger partial charge in [0.15, 0.2) is 0 Å². The summed E-state index contributed by atoms with van der Waals surface area (Å²) in [4.78, 5) is 12.4. The van der Waals surface area contributed by atoms with Crippen molar-refractivity contribution in [3.05, 3.63) is 81.8 Å². The van der Waals surface area contributed by atoms with Crippen LogP contribution in [0.4, 0.5) is 5.69 Å². The molecule has 1 aromatic heterocycles. The lowest BCUT2D eigenvalue weighted by Crippen LogP contribution is -2.31. The average Bonchev–Trinajstić information content (AvgIpc) is 3.15. The Morgan fingerprint density at radius 2 is 1.93 bits per heavy atom. The zero-order valence-electron chi connectivity index (χ0n) is 15.4. The summed E-state index contributed by atoms with van der Waals surface area (Å²) in [6, 6.07) is 12.4. The Kier molecular flexibility index (Phi) is 7.09. The molecule has 0 unspecified atom stereocenters. The number of hydrogen-bond acceptors (Lipinski definition) is 7. The smallest absolute Gasteiger partial charge is 0.340 e. The molecule has 7 nitrogen and oxygen atoms in total. The van der Waals surface area contributed by atoms with Crippen LogP contribution < -0.4 is 4.31 Å². The highest BCUT2D eigenvalue weighted by molar-refractivity contribution is 7.92. The molecule has 0 amide bonds. The maximum absolute atomic E-state index is 13.2. The van der Waals surface area contributed by atoms with Crippen LogP contribution in [-0.2, 0) is 21.4 Å². The van der Waals surface area contributed by atoms with Crippen LogP contribution in [0, 0.1) is 0 Å². The molecule has 3 aromatic rings. The van der Waals surface area contributed by atoms with Crippen molar-refractivity contribution in [2.75, 3.05) is 10.8 Å². The van der Waals surface area contributed by atoms with Crippen LogP contribution in [0.1, 0.15) is 16.1 Å². The molecule has 0 atom stereocenters. The van der Waals surface area contributed by atoms with Gasteiger partial charge in [-0.15, -0.1) is 11.7 Å². The quantitative estimate of drug-likeness (QED) is 0.344. The van der Waals surface area contributed by atoms with E-state index in [1.807, 2.05) is 0 Å². The number of para-hydroxylation sites is 1. The first-order chi connectivity index (χ1) is 14.3. The van der Waals surface area contributed by atoms with Crippen LogP contribution in [0.3, 0.4) is 0 Å². The predicted octanol–water partition coefficient (Wildman–Crippen LogP) is 4.58. The number of halogens is 2. The van der Waals surface area contributed by atoms with Gasteiger partial charge in [0.05, 0.1) is 27.7 Å². The molecule has 0 spiro atoms. The summed E-state index contributed by atoms with van der Waals surface area (Å²) in [5.41, 5.74) is 0.668. The van der Waals surface area contributed by atoms with Crippen molar-refractivity contribution in [1.82, 2.24) is 9.59 Å². The number of esters is 1. The van der Waals surface area contributed by atoms with Crippen LogP contribution in [0.2, 0.25) is 9.36 Å². The lowest BCUT2D eigenvalue weighted by Gasteiger charge is -2.23. The largest absolute Gasteiger partial charge is 0.455 e. The van der Waals surface area contributed by atoms with Crippen molar-refractivity contribution in [2.24, 2.45) is 0 Å². The van der Waals surface area contributed by atoms with Crippen LogP contribution in [0.15, 0.2) is 66.1 Å². The topological polar surface area (TPSA) is 89.5 Å². The molecule has 0 radical (unpaired) electrons. The number of nitrogens with zero attached hydrogens (tertiary/aromatic N) is 3.